The standard InChI is InChI=1S/C17H22N2O/c1-3-17(18-2)15-6-8-16(9-7-15)20-12-10-14-5-4-11-19-13-14/h4-9,11,13,17-18H,3,10,12H2,1-2H3. The van der Waals surface area contributed by atoms with Crippen LogP contribution in [0.25, 0.3) is 0 Å². The molecular weight excluding hydrogens is 248 g/mol. The van der Waals surface area contributed by atoms with Crippen LogP contribution in [0.3, 0.4) is 0 Å². The molecule has 0 aliphatic carbocycles. The van der Waals surface area contributed by atoms with Crippen molar-refractivity contribution < 1.29 is 4.74 Å². The number of hydrogen-bond donors (Lipinski definition) is 1. The Morgan fingerprint density at radius 3 is 2.60 bits per heavy atom. The number of nitrogens with one attached hydrogen (secondary N) is 1. The minimum absolute atomic E-state index is 0.416. The molecule has 3 nitrogen and oxygen atoms in total. The van der Waals surface area contributed by atoms with Gasteiger partial charge in [-0.05, 0) is 42.8 Å². The van der Waals surface area contributed by atoms with E-state index in [-0.39, 0.29) is 0 Å². The second kappa shape index (κ2) is 7.65. The van der Waals surface area contributed by atoms with Crippen molar-refractivity contribution in [3.63, 3.8) is 0 Å². The van der Waals surface area contributed by atoms with Crippen molar-refractivity contribution in [1.82, 2.24) is 10.3 Å². The van der Waals surface area contributed by atoms with Crippen LogP contribution in [-0.2, 0) is 6.42 Å². The van der Waals surface area contributed by atoms with E-state index < -0.39 is 0 Å². The fourth-order valence-electron chi connectivity index (χ4n) is 2.24. The van der Waals surface area contributed by atoms with Crippen molar-refractivity contribution in [2.24, 2.45) is 0 Å². The van der Waals surface area contributed by atoms with Gasteiger partial charge in [-0.1, -0.05) is 25.1 Å². The summed E-state index contributed by atoms with van der Waals surface area (Å²) in [7, 11) is 1.99. The van der Waals surface area contributed by atoms with Gasteiger partial charge in [0.25, 0.3) is 0 Å². The first-order valence-electron chi connectivity index (χ1n) is 7.12. The summed E-state index contributed by atoms with van der Waals surface area (Å²) in [6.07, 6.45) is 5.63. The molecule has 3 heteroatoms. The first kappa shape index (κ1) is 14.5. The van der Waals surface area contributed by atoms with Crippen molar-refractivity contribution in [2.75, 3.05) is 13.7 Å². The normalized spacial score (nSPS) is 12.1. The molecule has 0 aliphatic heterocycles. The van der Waals surface area contributed by atoms with Crippen molar-refractivity contribution in [2.45, 2.75) is 25.8 Å². The molecule has 0 spiro atoms. The van der Waals surface area contributed by atoms with Gasteiger partial charge in [0.15, 0.2) is 0 Å². The lowest BCUT2D eigenvalue weighted by Crippen LogP contribution is -2.14. The van der Waals surface area contributed by atoms with Crippen molar-refractivity contribution in [1.29, 1.82) is 0 Å². The molecule has 0 bridgehead atoms. The fraction of sp³-hybridized carbons (Fsp3) is 0.353. The quantitative estimate of drug-likeness (QED) is 0.837. The Morgan fingerprint density at radius 2 is 2.00 bits per heavy atom. The number of hydrogen-bond acceptors (Lipinski definition) is 3. The highest BCUT2D eigenvalue weighted by Crippen LogP contribution is 2.19. The van der Waals surface area contributed by atoms with Crippen LogP contribution in [0.2, 0.25) is 0 Å². The van der Waals surface area contributed by atoms with E-state index in [1.165, 1.54) is 11.1 Å². The van der Waals surface area contributed by atoms with Gasteiger partial charge in [-0.25, -0.2) is 0 Å². The van der Waals surface area contributed by atoms with Gasteiger partial charge in [0.05, 0.1) is 6.61 Å². The van der Waals surface area contributed by atoms with E-state index in [0.29, 0.717) is 12.6 Å². The predicted octanol–water partition coefficient (Wildman–Crippen LogP) is 3.37. The molecule has 106 valence electrons. The lowest BCUT2D eigenvalue weighted by atomic mass is 10.0. The van der Waals surface area contributed by atoms with Gasteiger partial charge in [0.2, 0.25) is 0 Å². The van der Waals surface area contributed by atoms with E-state index in [2.05, 4.69) is 35.4 Å². The van der Waals surface area contributed by atoms with E-state index in [1.807, 2.05) is 31.4 Å². The Balaban J connectivity index is 1.85. The maximum atomic E-state index is 5.76. The zero-order chi connectivity index (χ0) is 14.2. The summed E-state index contributed by atoms with van der Waals surface area (Å²) in [4.78, 5) is 4.10. The summed E-state index contributed by atoms with van der Waals surface area (Å²) < 4.78 is 5.76. The van der Waals surface area contributed by atoms with E-state index in [1.54, 1.807) is 6.20 Å². The lowest BCUT2D eigenvalue weighted by Gasteiger charge is -2.14. The molecule has 1 unspecified atom stereocenters. The van der Waals surface area contributed by atoms with Crippen molar-refractivity contribution in [3.8, 4) is 5.75 Å². The molecule has 1 N–H and O–H groups in total. The molecule has 1 aromatic heterocycles. The largest absolute Gasteiger partial charge is 0.493 e. The van der Waals surface area contributed by atoms with E-state index in [0.717, 1.165) is 18.6 Å². The molecular formula is C17H22N2O. The Kier molecular flexibility index (Phi) is 5.56. The summed E-state index contributed by atoms with van der Waals surface area (Å²) >= 11 is 0. The highest BCUT2D eigenvalue weighted by Gasteiger charge is 2.05. The highest BCUT2D eigenvalue weighted by molar-refractivity contribution is 5.29. The smallest absolute Gasteiger partial charge is 0.119 e. The topological polar surface area (TPSA) is 34.1 Å². The van der Waals surface area contributed by atoms with Gasteiger partial charge in [0.1, 0.15) is 5.75 Å². The van der Waals surface area contributed by atoms with E-state index in [4.69, 9.17) is 4.74 Å². The Labute approximate surface area is 121 Å². The predicted molar refractivity (Wildman–Crippen MR) is 82.0 cm³/mol. The Bertz CT molecular complexity index is 492. The van der Waals surface area contributed by atoms with Crippen LogP contribution in [0.15, 0.2) is 48.8 Å². The first-order chi connectivity index (χ1) is 9.83. The van der Waals surface area contributed by atoms with Gasteiger partial charge >= 0.3 is 0 Å². The van der Waals surface area contributed by atoms with Crippen LogP contribution in [0.4, 0.5) is 0 Å². The molecule has 0 saturated heterocycles. The van der Waals surface area contributed by atoms with Gasteiger partial charge in [-0.15, -0.1) is 0 Å². The molecule has 0 saturated carbocycles. The molecule has 0 amide bonds. The molecule has 1 atom stereocenters. The molecule has 1 heterocycles. The number of aromatic nitrogens is 1. The molecule has 2 aromatic rings. The Hall–Kier alpha value is -1.87. The summed E-state index contributed by atoms with van der Waals surface area (Å²) in [5.41, 5.74) is 2.50. The van der Waals surface area contributed by atoms with E-state index in [9.17, 15) is 0 Å². The van der Waals surface area contributed by atoms with Crippen LogP contribution in [0.5, 0.6) is 5.75 Å². The summed E-state index contributed by atoms with van der Waals surface area (Å²) in [5, 5.41) is 3.30. The number of benzene rings is 1. The monoisotopic (exact) mass is 270 g/mol. The fourth-order valence-corrected chi connectivity index (χ4v) is 2.24. The number of rotatable bonds is 7. The third-order valence-electron chi connectivity index (χ3n) is 3.42. The minimum Gasteiger partial charge on any atom is -0.493 e. The number of pyridine rings is 1. The van der Waals surface area contributed by atoms with Gasteiger partial charge in [-0.3, -0.25) is 4.98 Å². The zero-order valence-corrected chi connectivity index (χ0v) is 12.2. The first-order valence-corrected chi connectivity index (χ1v) is 7.12. The third-order valence-corrected chi connectivity index (χ3v) is 3.42. The summed E-state index contributed by atoms with van der Waals surface area (Å²) in [6, 6.07) is 12.8. The van der Waals surface area contributed by atoms with Gasteiger partial charge in [-0.2, -0.15) is 0 Å². The Morgan fingerprint density at radius 1 is 1.20 bits per heavy atom. The van der Waals surface area contributed by atoms with Crippen LogP contribution in [0, 0.1) is 0 Å². The average molecular weight is 270 g/mol. The second-order valence-corrected chi connectivity index (χ2v) is 4.78. The second-order valence-electron chi connectivity index (χ2n) is 4.78. The maximum Gasteiger partial charge on any atom is 0.119 e. The molecule has 1 aromatic carbocycles. The van der Waals surface area contributed by atoms with E-state index >= 15 is 0 Å². The van der Waals surface area contributed by atoms with Crippen molar-refractivity contribution in [3.05, 3.63) is 59.9 Å². The van der Waals surface area contributed by atoms with Gasteiger partial charge < -0.3 is 10.1 Å². The van der Waals surface area contributed by atoms with Gasteiger partial charge in [0, 0.05) is 24.9 Å². The minimum atomic E-state index is 0.416. The highest BCUT2D eigenvalue weighted by atomic mass is 16.5. The van der Waals surface area contributed by atoms with Crippen LogP contribution in [-0.4, -0.2) is 18.6 Å². The lowest BCUT2D eigenvalue weighted by molar-refractivity contribution is 0.321. The average Bonchev–Trinajstić information content (AvgIpc) is 2.51. The van der Waals surface area contributed by atoms with Crippen LogP contribution in [0.1, 0.15) is 30.5 Å². The molecule has 20 heavy (non-hydrogen) atoms. The summed E-state index contributed by atoms with van der Waals surface area (Å²) in [6.45, 7) is 2.85. The maximum absolute atomic E-state index is 5.76. The summed E-state index contributed by atoms with van der Waals surface area (Å²) in [5.74, 6) is 0.920. The third kappa shape index (κ3) is 4.07. The zero-order valence-electron chi connectivity index (χ0n) is 12.2. The molecule has 0 aliphatic rings. The molecule has 0 fully saturated rings. The number of nitrogens with zero attached hydrogens (tertiary/aromatic N) is 1. The van der Waals surface area contributed by atoms with Crippen LogP contribution >= 0.6 is 0 Å². The molecule has 2 rings (SSSR count). The molecule has 0 radical (unpaired) electrons. The SMILES string of the molecule is CCC(NC)c1ccc(OCCc2cccnc2)cc1. The van der Waals surface area contributed by atoms with Crippen molar-refractivity contribution >= 4 is 0 Å². The number of ether oxygens (including phenoxy) is 1. The van der Waals surface area contributed by atoms with Crippen LogP contribution < -0.4 is 10.1 Å².